The fourth-order valence-corrected chi connectivity index (χ4v) is 4.33. The van der Waals surface area contributed by atoms with Crippen LogP contribution in [0.15, 0.2) is 30.3 Å². The lowest BCUT2D eigenvalue weighted by Gasteiger charge is -2.41. The van der Waals surface area contributed by atoms with Crippen LogP contribution in [0, 0.1) is 0 Å². The molecule has 1 N–H and O–H groups in total. The van der Waals surface area contributed by atoms with E-state index in [1.165, 1.54) is 0 Å². The predicted octanol–water partition coefficient (Wildman–Crippen LogP) is 4.18. The summed E-state index contributed by atoms with van der Waals surface area (Å²) in [4.78, 5) is 22.1. The first-order valence-corrected chi connectivity index (χ1v) is 9.53. The number of alkyl halides is 6. The number of hydrogen-bond acceptors (Lipinski definition) is 3. The van der Waals surface area contributed by atoms with Crippen LogP contribution in [0.4, 0.5) is 13.2 Å². The lowest BCUT2D eigenvalue weighted by atomic mass is 9.95. The summed E-state index contributed by atoms with van der Waals surface area (Å²) in [6, 6.07) is 8.84. The first-order chi connectivity index (χ1) is 11.9. The van der Waals surface area contributed by atoms with E-state index in [9.17, 15) is 27.9 Å². The summed E-state index contributed by atoms with van der Waals surface area (Å²) in [6.45, 7) is 0. The third-order valence-corrected chi connectivity index (χ3v) is 6.18. The normalized spacial score (nSPS) is 15.4. The van der Waals surface area contributed by atoms with Gasteiger partial charge >= 0.3 is 18.1 Å². The number of carbonyl (C=O) groups excluding carboxylic acids is 1. The summed E-state index contributed by atoms with van der Waals surface area (Å²) in [6.07, 6.45) is -5.27. The zero-order valence-electron chi connectivity index (χ0n) is 13.3. The molecule has 26 heavy (non-hydrogen) atoms. The highest BCUT2D eigenvalue weighted by atomic mass is 35.5. The van der Waals surface area contributed by atoms with Crippen molar-refractivity contribution in [2.24, 2.45) is 0 Å². The van der Waals surface area contributed by atoms with Crippen molar-refractivity contribution in [3.8, 4) is 0 Å². The number of thioether (sulfide) groups is 1. The molecule has 0 saturated carbocycles. The van der Waals surface area contributed by atoms with Crippen molar-refractivity contribution in [2.45, 2.75) is 27.7 Å². The van der Waals surface area contributed by atoms with Gasteiger partial charge in [0.25, 0.3) is 0 Å². The number of hydrogen-bond donors (Lipinski definition) is 1. The Hall–Kier alpha value is -0.830. The molecule has 1 rings (SSSR count). The molecule has 2 atom stereocenters. The number of carbonyl (C=O) groups is 2. The maximum absolute atomic E-state index is 12.8. The SMILES string of the molecule is CN(C(=O)C(F)(F)F)C(CSCc1ccccc1)(C(=O)O)C(Cl)C(Cl)Cl. The molecule has 11 heteroatoms. The number of aliphatic carboxylic acids is 1. The molecule has 1 amide bonds. The molecule has 0 aliphatic carbocycles. The van der Waals surface area contributed by atoms with Crippen molar-refractivity contribution in [3.05, 3.63) is 35.9 Å². The van der Waals surface area contributed by atoms with Gasteiger partial charge in [-0.05, 0) is 5.56 Å². The van der Waals surface area contributed by atoms with Crippen LogP contribution in [0.25, 0.3) is 0 Å². The number of benzene rings is 1. The van der Waals surface area contributed by atoms with E-state index < -0.39 is 39.6 Å². The van der Waals surface area contributed by atoms with Crippen LogP contribution >= 0.6 is 46.6 Å². The van der Waals surface area contributed by atoms with Crippen molar-refractivity contribution < 1.29 is 27.9 Å². The second-order valence-corrected chi connectivity index (χ2v) is 7.93. The fraction of sp³-hybridized carbons (Fsp3) is 0.467. The molecule has 4 nitrogen and oxygen atoms in total. The van der Waals surface area contributed by atoms with Crippen molar-refractivity contribution in [3.63, 3.8) is 0 Å². The molecule has 0 saturated heterocycles. The maximum atomic E-state index is 12.8. The lowest BCUT2D eigenvalue weighted by Crippen LogP contribution is -2.66. The molecule has 0 aliphatic heterocycles. The third kappa shape index (κ3) is 5.34. The predicted molar refractivity (Wildman–Crippen MR) is 96.9 cm³/mol. The number of amides is 1. The van der Waals surface area contributed by atoms with Gasteiger partial charge in [-0.1, -0.05) is 30.3 Å². The molecule has 0 fully saturated rings. The van der Waals surface area contributed by atoms with Gasteiger partial charge in [0.2, 0.25) is 0 Å². The van der Waals surface area contributed by atoms with E-state index in [1.807, 2.05) is 0 Å². The van der Waals surface area contributed by atoms with Gasteiger partial charge in [0.15, 0.2) is 5.54 Å². The molecule has 0 radical (unpaired) electrons. The molecule has 0 bridgehead atoms. The molecule has 1 aromatic carbocycles. The summed E-state index contributed by atoms with van der Waals surface area (Å²) in [5, 5.41) is 7.97. The smallest absolute Gasteiger partial charge is 0.471 e. The molecule has 0 heterocycles. The highest BCUT2D eigenvalue weighted by Crippen LogP contribution is 2.36. The van der Waals surface area contributed by atoms with Crippen LogP contribution in [0.5, 0.6) is 0 Å². The highest BCUT2D eigenvalue weighted by Gasteiger charge is 2.57. The molecule has 0 spiro atoms. The van der Waals surface area contributed by atoms with E-state index in [0.717, 1.165) is 24.4 Å². The van der Waals surface area contributed by atoms with Gasteiger partial charge in [-0.15, -0.1) is 34.8 Å². The fourth-order valence-electron chi connectivity index (χ4n) is 2.16. The summed E-state index contributed by atoms with van der Waals surface area (Å²) >= 11 is 18.3. The van der Waals surface area contributed by atoms with Crippen LogP contribution < -0.4 is 0 Å². The summed E-state index contributed by atoms with van der Waals surface area (Å²) in [7, 11) is 0.721. The average Bonchev–Trinajstić information content (AvgIpc) is 2.56. The largest absolute Gasteiger partial charge is 0.479 e. The molecule has 1 aromatic rings. The number of likely N-dealkylation sites (N-methyl/N-ethyl adjacent to an activating group) is 1. The van der Waals surface area contributed by atoms with Crippen LogP contribution in [0.1, 0.15) is 5.56 Å². The van der Waals surface area contributed by atoms with Crippen molar-refractivity contribution >= 4 is 58.4 Å². The Bertz CT molecular complexity index is 634. The van der Waals surface area contributed by atoms with Gasteiger partial charge in [0.05, 0.1) is 5.38 Å². The van der Waals surface area contributed by atoms with Gasteiger partial charge in [0.1, 0.15) is 4.84 Å². The Morgan fingerprint density at radius 2 is 1.73 bits per heavy atom. The van der Waals surface area contributed by atoms with E-state index in [2.05, 4.69) is 0 Å². The quantitative estimate of drug-likeness (QED) is 0.601. The minimum atomic E-state index is -5.27. The van der Waals surface area contributed by atoms with E-state index in [-0.39, 0.29) is 4.90 Å². The Balaban J connectivity index is 3.18. The van der Waals surface area contributed by atoms with Crippen LogP contribution in [-0.4, -0.2) is 56.6 Å². The minimum Gasteiger partial charge on any atom is -0.479 e. The van der Waals surface area contributed by atoms with Crippen molar-refractivity contribution in [2.75, 3.05) is 12.8 Å². The van der Waals surface area contributed by atoms with Gasteiger partial charge in [0, 0.05) is 18.6 Å². The number of halogens is 6. The van der Waals surface area contributed by atoms with Gasteiger partial charge in [-0.2, -0.15) is 24.9 Å². The van der Waals surface area contributed by atoms with Crippen molar-refractivity contribution in [1.29, 1.82) is 0 Å². The Morgan fingerprint density at radius 3 is 2.15 bits per heavy atom. The Kier molecular flexibility index (Phi) is 8.38. The molecule has 0 aliphatic rings. The number of nitrogens with zero attached hydrogens (tertiary/aromatic N) is 1. The Labute approximate surface area is 167 Å². The summed E-state index contributed by atoms with van der Waals surface area (Å²) in [5.74, 6) is -4.23. The standard InChI is InChI=1S/C15H15Cl3F3NO3S/c1-22(12(23)15(19,20)21)14(13(24)25,10(16)11(17)18)8-26-7-9-5-3-2-4-6-9/h2-6,10-11H,7-8H2,1H3,(H,24,25). The monoisotopic (exact) mass is 451 g/mol. The van der Waals surface area contributed by atoms with Gasteiger partial charge in [-0.3, -0.25) is 4.79 Å². The molecule has 146 valence electrons. The first kappa shape index (κ1) is 23.2. The zero-order valence-corrected chi connectivity index (χ0v) is 16.4. The summed E-state index contributed by atoms with van der Waals surface area (Å²) in [5.41, 5.74) is -1.64. The molecular formula is C15H15Cl3F3NO3S. The van der Waals surface area contributed by atoms with Crippen LogP contribution in [-0.2, 0) is 15.3 Å². The maximum Gasteiger partial charge on any atom is 0.471 e. The highest BCUT2D eigenvalue weighted by molar-refractivity contribution is 7.98. The van der Waals surface area contributed by atoms with E-state index in [4.69, 9.17) is 34.8 Å². The van der Waals surface area contributed by atoms with Crippen LogP contribution in [0.3, 0.4) is 0 Å². The lowest BCUT2D eigenvalue weighted by molar-refractivity contribution is -0.192. The topological polar surface area (TPSA) is 57.6 Å². The van der Waals surface area contributed by atoms with Gasteiger partial charge < -0.3 is 10.0 Å². The molecule has 0 aromatic heterocycles. The van der Waals surface area contributed by atoms with E-state index in [0.29, 0.717) is 5.75 Å². The van der Waals surface area contributed by atoms with Gasteiger partial charge in [-0.25, -0.2) is 4.79 Å². The number of rotatable bonds is 8. The molecule has 2 unspecified atom stereocenters. The second-order valence-electron chi connectivity index (χ2n) is 5.31. The van der Waals surface area contributed by atoms with E-state index >= 15 is 0 Å². The summed E-state index contributed by atoms with van der Waals surface area (Å²) < 4.78 is 38.5. The number of carboxylic acid groups (broad SMARTS) is 1. The van der Waals surface area contributed by atoms with Crippen molar-refractivity contribution in [1.82, 2.24) is 4.90 Å². The third-order valence-electron chi connectivity index (χ3n) is 3.63. The second kappa shape index (κ2) is 9.39. The molecular weight excluding hydrogens is 438 g/mol. The number of carboxylic acids is 1. The van der Waals surface area contributed by atoms with E-state index in [1.54, 1.807) is 30.3 Å². The first-order valence-electron chi connectivity index (χ1n) is 7.07. The Morgan fingerprint density at radius 1 is 1.19 bits per heavy atom. The minimum absolute atomic E-state index is 0.0583. The van der Waals surface area contributed by atoms with Crippen LogP contribution in [0.2, 0.25) is 0 Å². The zero-order chi connectivity index (χ0) is 20.1. The average molecular weight is 453 g/mol.